The second-order valence-electron chi connectivity index (χ2n) is 3.93. The number of hydrogen-bond acceptors (Lipinski definition) is 4. The molecule has 1 amide bonds. The molecule has 0 aliphatic carbocycles. The Balaban J connectivity index is 2.94. The lowest BCUT2D eigenvalue weighted by Crippen LogP contribution is -2.37. The average molecular weight is 287 g/mol. The largest absolute Gasteiger partial charge is 0.383 e. The number of nitro benzene ring substituents is 1. The molecule has 19 heavy (non-hydrogen) atoms. The number of rotatable bonds is 6. The molecule has 0 saturated carbocycles. The maximum absolute atomic E-state index is 12.0. The third-order valence-electron chi connectivity index (χ3n) is 2.62. The zero-order chi connectivity index (χ0) is 14.4. The van der Waals surface area contributed by atoms with Gasteiger partial charge in [-0.3, -0.25) is 14.9 Å². The van der Waals surface area contributed by atoms with E-state index in [1.54, 1.807) is 0 Å². The van der Waals surface area contributed by atoms with Gasteiger partial charge in [0.25, 0.3) is 11.6 Å². The molecule has 0 heterocycles. The number of halogens is 1. The van der Waals surface area contributed by atoms with Gasteiger partial charge < -0.3 is 10.1 Å². The van der Waals surface area contributed by atoms with E-state index in [1.807, 2.05) is 6.92 Å². The molecule has 1 rings (SSSR count). The number of nitrogens with zero attached hydrogens (tertiary/aromatic N) is 1. The molecule has 1 unspecified atom stereocenters. The highest BCUT2D eigenvalue weighted by Crippen LogP contribution is 2.27. The maximum atomic E-state index is 12.0. The van der Waals surface area contributed by atoms with Gasteiger partial charge in [-0.25, -0.2) is 0 Å². The number of carbonyl (C=O) groups excluding carboxylic acids is 1. The number of amides is 1. The number of benzene rings is 1. The molecule has 1 aromatic carbocycles. The van der Waals surface area contributed by atoms with Crippen molar-refractivity contribution in [1.82, 2.24) is 5.32 Å². The topological polar surface area (TPSA) is 81.5 Å². The molecule has 1 atom stereocenters. The summed E-state index contributed by atoms with van der Waals surface area (Å²) >= 11 is 5.87. The van der Waals surface area contributed by atoms with Crippen LogP contribution in [-0.4, -0.2) is 30.6 Å². The van der Waals surface area contributed by atoms with Crippen molar-refractivity contribution in [2.24, 2.45) is 0 Å². The standard InChI is InChI=1S/C12H15ClN2O4/c1-3-8(7-19-2)14-12(16)9-5-4-6-10(11(9)13)15(17)18/h4-6,8H,3,7H2,1-2H3,(H,14,16). The normalized spacial score (nSPS) is 11.9. The first-order valence-electron chi connectivity index (χ1n) is 5.74. The monoisotopic (exact) mass is 286 g/mol. The van der Waals surface area contributed by atoms with Crippen LogP contribution in [0.2, 0.25) is 5.02 Å². The first-order chi connectivity index (χ1) is 9.01. The van der Waals surface area contributed by atoms with Gasteiger partial charge in [0.05, 0.1) is 23.1 Å². The Bertz CT molecular complexity index is 479. The quantitative estimate of drug-likeness (QED) is 0.643. The van der Waals surface area contributed by atoms with E-state index < -0.39 is 10.8 Å². The van der Waals surface area contributed by atoms with E-state index in [0.717, 1.165) is 0 Å². The molecule has 1 N–H and O–H groups in total. The Kier molecular flexibility index (Phi) is 5.72. The van der Waals surface area contributed by atoms with Gasteiger partial charge in [0, 0.05) is 13.2 Å². The maximum Gasteiger partial charge on any atom is 0.288 e. The predicted octanol–water partition coefficient (Wildman–Crippen LogP) is 2.40. The highest BCUT2D eigenvalue weighted by Gasteiger charge is 2.21. The third-order valence-corrected chi connectivity index (χ3v) is 3.01. The molecule has 0 aliphatic rings. The SMILES string of the molecule is CCC(COC)NC(=O)c1cccc([N+](=O)[O-])c1Cl. The minimum atomic E-state index is -0.619. The van der Waals surface area contributed by atoms with Crippen molar-refractivity contribution in [2.45, 2.75) is 19.4 Å². The number of ether oxygens (including phenoxy) is 1. The number of carbonyl (C=O) groups is 1. The van der Waals surface area contributed by atoms with Crippen LogP contribution in [0.1, 0.15) is 23.7 Å². The molecule has 0 radical (unpaired) electrons. The number of nitro groups is 1. The second kappa shape index (κ2) is 7.06. The summed E-state index contributed by atoms with van der Waals surface area (Å²) in [5.74, 6) is -0.447. The van der Waals surface area contributed by atoms with Crippen molar-refractivity contribution in [3.63, 3.8) is 0 Å². The molecule has 0 spiro atoms. The van der Waals surface area contributed by atoms with Crippen LogP contribution in [0.4, 0.5) is 5.69 Å². The molecule has 0 saturated heterocycles. The van der Waals surface area contributed by atoms with E-state index in [1.165, 1.54) is 25.3 Å². The van der Waals surface area contributed by atoms with Gasteiger partial charge in [-0.1, -0.05) is 24.6 Å². The van der Waals surface area contributed by atoms with Crippen LogP contribution in [0.15, 0.2) is 18.2 Å². The van der Waals surface area contributed by atoms with E-state index in [4.69, 9.17) is 16.3 Å². The predicted molar refractivity (Wildman–Crippen MR) is 71.5 cm³/mol. The van der Waals surface area contributed by atoms with Crippen molar-refractivity contribution in [1.29, 1.82) is 0 Å². The molecule has 1 aromatic rings. The lowest BCUT2D eigenvalue weighted by molar-refractivity contribution is -0.384. The van der Waals surface area contributed by atoms with Crippen molar-refractivity contribution in [2.75, 3.05) is 13.7 Å². The third kappa shape index (κ3) is 3.90. The van der Waals surface area contributed by atoms with E-state index >= 15 is 0 Å². The summed E-state index contributed by atoms with van der Waals surface area (Å²) in [5.41, 5.74) is -0.195. The van der Waals surface area contributed by atoms with Crippen LogP contribution in [0.5, 0.6) is 0 Å². The van der Waals surface area contributed by atoms with Crippen LogP contribution in [0.25, 0.3) is 0 Å². The lowest BCUT2D eigenvalue weighted by Gasteiger charge is -2.16. The molecule has 0 bridgehead atoms. The van der Waals surface area contributed by atoms with Crippen LogP contribution in [0.3, 0.4) is 0 Å². The fraction of sp³-hybridized carbons (Fsp3) is 0.417. The molecular weight excluding hydrogens is 272 g/mol. The highest BCUT2D eigenvalue weighted by molar-refractivity contribution is 6.35. The van der Waals surface area contributed by atoms with Gasteiger partial charge in [-0.05, 0) is 12.5 Å². The van der Waals surface area contributed by atoms with Crippen molar-refractivity contribution in [3.05, 3.63) is 38.9 Å². The van der Waals surface area contributed by atoms with E-state index in [2.05, 4.69) is 5.32 Å². The van der Waals surface area contributed by atoms with Crippen LogP contribution in [0, 0.1) is 10.1 Å². The van der Waals surface area contributed by atoms with E-state index in [9.17, 15) is 14.9 Å². The van der Waals surface area contributed by atoms with Gasteiger partial charge in [0.2, 0.25) is 0 Å². The summed E-state index contributed by atoms with van der Waals surface area (Å²) in [5, 5.41) is 13.3. The molecule has 0 aliphatic heterocycles. The highest BCUT2D eigenvalue weighted by atomic mass is 35.5. The van der Waals surface area contributed by atoms with Gasteiger partial charge >= 0.3 is 0 Å². The minimum absolute atomic E-state index is 0.0884. The van der Waals surface area contributed by atoms with Gasteiger partial charge in [-0.2, -0.15) is 0 Å². The number of methoxy groups -OCH3 is 1. The summed E-state index contributed by atoms with van der Waals surface area (Å²) in [7, 11) is 1.54. The van der Waals surface area contributed by atoms with Gasteiger partial charge in [0.1, 0.15) is 5.02 Å². The number of hydrogen-bond donors (Lipinski definition) is 1. The van der Waals surface area contributed by atoms with Crippen molar-refractivity contribution >= 4 is 23.2 Å². The summed E-state index contributed by atoms with van der Waals surface area (Å²) < 4.78 is 4.97. The fourth-order valence-electron chi connectivity index (χ4n) is 1.56. The summed E-state index contributed by atoms with van der Waals surface area (Å²) in [6.45, 7) is 2.27. The molecule has 0 fully saturated rings. The molecule has 6 nitrogen and oxygen atoms in total. The van der Waals surface area contributed by atoms with Crippen LogP contribution in [-0.2, 0) is 4.74 Å². The Morgan fingerprint density at radius 1 is 1.58 bits per heavy atom. The Morgan fingerprint density at radius 2 is 2.26 bits per heavy atom. The number of nitrogens with one attached hydrogen (secondary N) is 1. The second-order valence-corrected chi connectivity index (χ2v) is 4.31. The zero-order valence-corrected chi connectivity index (χ0v) is 11.4. The summed E-state index contributed by atoms with van der Waals surface area (Å²) in [6.07, 6.45) is 0.687. The van der Waals surface area contributed by atoms with E-state index in [-0.39, 0.29) is 22.3 Å². The minimum Gasteiger partial charge on any atom is -0.383 e. The first-order valence-corrected chi connectivity index (χ1v) is 6.11. The van der Waals surface area contributed by atoms with Gasteiger partial charge in [0.15, 0.2) is 0 Å². The van der Waals surface area contributed by atoms with Crippen molar-refractivity contribution < 1.29 is 14.5 Å². The smallest absolute Gasteiger partial charge is 0.288 e. The van der Waals surface area contributed by atoms with E-state index in [0.29, 0.717) is 13.0 Å². The Hall–Kier alpha value is -1.66. The lowest BCUT2D eigenvalue weighted by atomic mass is 10.1. The van der Waals surface area contributed by atoms with Crippen LogP contribution >= 0.6 is 11.6 Å². The molecule has 0 aromatic heterocycles. The zero-order valence-electron chi connectivity index (χ0n) is 10.7. The van der Waals surface area contributed by atoms with Crippen molar-refractivity contribution in [3.8, 4) is 0 Å². The summed E-state index contributed by atoms with van der Waals surface area (Å²) in [6, 6.07) is 3.97. The van der Waals surface area contributed by atoms with Gasteiger partial charge in [-0.15, -0.1) is 0 Å². The van der Waals surface area contributed by atoms with Crippen LogP contribution < -0.4 is 5.32 Å². The average Bonchev–Trinajstić information content (AvgIpc) is 2.37. The molecular formula is C12H15ClN2O4. The summed E-state index contributed by atoms with van der Waals surface area (Å²) in [4.78, 5) is 22.1. The first kappa shape index (κ1) is 15.4. The Labute approximate surface area is 115 Å². The Morgan fingerprint density at radius 3 is 2.79 bits per heavy atom. The molecule has 104 valence electrons. The molecule has 7 heteroatoms. The fourth-order valence-corrected chi connectivity index (χ4v) is 1.84.